The van der Waals surface area contributed by atoms with Gasteiger partial charge in [0.25, 0.3) is 0 Å². The van der Waals surface area contributed by atoms with Crippen LogP contribution in [0.2, 0.25) is 0 Å². The van der Waals surface area contributed by atoms with Gasteiger partial charge in [0.05, 0.1) is 34.8 Å². The summed E-state index contributed by atoms with van der Waals surface area (Å²) < 4.78 is 33.9. The van der Waals surface area contributed by atoms with Gasteiger partial charge in [0.1, 0.15) is 6.10 Å². The number of rotatable bonds is 10. The first-order valence-corrected chi connectivity index (χ1v) is 15.1. The number of aromatic nitrogens is 1. The summed E-state index contributed by atoms with van der Waals surface area (Å²) in [6.45, 7) is 4.91. The van der Waals surface area contributed by atoms with Crippen molar-refractivity contribution >= 4 is 15.7 Å². The van der Waals surface area contributed by atoms with Crippen LogP contribution in [0.3, 0.4) is 0 Å². The molecule has 1 aliphatic heterocycles. The van der Waals surface area contributed by atoms with Gasteiger partial charge in [0.15, 0.2) is 0 Å². The summed E-state index contributed by atoms with van der Waals surface area (Å²) >= 11 is 0. The molecule has 0 fully saturated rings. The van der Waals surface area contributed by atoms with Gasteiger partial charge in [0.2, 0.25) is 15.9 Å². The smallest absolute Gasteiger partial charge is 0.240 e. The molecule has 3 aromatic carbocycles. The molecule has 0 unspecified atom stereocenters. The monoisotopic (exact) mass is 567 g/mol. The van der Waals surface area contributed by atoms with Crippen LogP contribution in [0.25, 0.3) is 11.1 Å². The van der Waals surface area contributed by atoms with Crippen molar-refractivity contribution in [3.05, 3.63) is 108 Å². The highest BCUT2D eigenvalue weighted by molar-refractivity contribution is 7.89. The maximum atomic E-state index is 12.5. The Kier molecular flexibility index (Phi) is 8.64. The van der Waals surface area contributed by atoms with Gasteiger partial charge in [-0.25, -0.2) is 18.1 Å². The standard InChI is InChI=1S/C32H33N5O3S/c1-22(2)37-41(38,39)28-14-12-25(13-15-28)27-18-29-32(36-20-27)40-30(21-35-29)31(26-6-4-3-5-7-26)34-17-16-23-8-10-24(19-33)11-9-23/h3-15,18,20,22,30-31,34-35,37H,16-17,21H2,1-2H3/t30-,31+/m0/s1. The normalized spacial score (nSPS) is 15.3. The van der Waals surface area contributed by atoms with Crippen molar-refractivity contribution < 1.29 is 13.2 Å². The molecule has 0 saturated heterocycles. The van der Waals surface area contributed by atoms with Crippen LogP contribution in [-0.4, -0.2) is 38.6 Å². The van der Waals surface area contributed by atoms with Crippen LogP contribution >= 0.6 is 0 Å². The number of pyridine rings is 1. The molecule has 0 saturated carbocycles. The Labute approximate surface area is 241 Å². The first-order valence-electron chi connectivity index (χ1n) is 13.6. The Morgan fingerprint density at radius 1 is 1.02 bits per heavy atom. The lowest BCUT2D eigenvalue weighted by Gasteiger charge is -2.33. The van der Waals surface area contributed by atoms with E-state index in [9.17, 15) is 8.42 Å². The summed E-state index contributed by atoms with van der Waals surface area (Å²) in [7, 11) is -3.55. The van der Waals surface area contributed by atoms with E-state index in [0.717, 1.165) is 40.9 Å². The van der Waals surface area contributed by atoms with Gasteiger partial charge >= 0.3 is 0 Å². The van der Waals surface area contributed by atoms with Crippen molar-refractivity contribution in [1.82, 2.24) is 15.0 Å². The highest BCUT2D eigenvalue weighted by Crippen LogP contribution is 2.34. The fourth-order valence-electron chi connectivity index (χ4n) is 4.86. The second-order valence-electron chi connectivity index (χ2n) is 10.3. The van der Waals surface area contributed by atoms with E-state index in [2.05, 4.69) is 38.5 Å². The summed E-state index contributed by atoms with van der Waals surface area (Å²) in [6, 6.07) is 28.6. The molecule has 0 radical (unpaired) electrons. The topological polar surface area (TPSA) is 116 Å². The zero-order valence-corrected chi connectivity index (χ0v) is 23.9. The largest absolute Gasteiger partial charge is 0.469 e. The number of nitrogens with zero attached hydrogens (tertiary/aromatic N) is 2. The van der Waals surface area contributed by atoms with E-state index in [0.29, 0.717) is 18.0 Å². The van der Waals surface area contributed by atoms with E-state index in [1.54, 1.807) is 44.3 Å². The predicted octanol–water partition coefficient (Wildman–Crippen LogP) is 5.05. The Balaban J connectivity index is 1.29. The highest BCUT2D eigenvalue weighted by Gasteiger charge is 2.29. The molecule has 1 aromatic heterocycles. The maximum absolute atomic E-state index is 12.5. The van der Waals surface area contributed by atoms with Gasteiger partial charge in [-0.3, -0.25) is 0 Å². The number of nitrogens with one attached hydrogen (secondary N) is 3. The number of fused-ring (bicyclic) bond motifs is 1. The Morgan fingerprint density at radius 3 is 2.44 bits per heavy atom. The van der Waals surface area contributed by atoms with Crippen LogP contribution in [0.1, 0.15) is 36.6 Å². The lowest BCUT2D eigenvalue weighted by Crippen LogP contribution is -2.43. The van der Waals surface area contributed by atoms with E-state index >= 15 is 0 Å². The average molecular weight is 568 g/mol. The van der Waals surface area contributed by atoms with Crippen LogP contribution in [-0.2, 0) is 16.4 Å². The van der Waals surface area contributed by atoms with Crippen molar-refractivity contribution in [2.24, 2.45) is 0 Å². The lowest BCUT2D eigenvalue weighted by molar-refractivity contribution is 0.150. The average Bonchev–Trinajstić information content (AvgIpc) is 2.99. The summed E-state index contributed by atoms with van der Waals surface area (Å²) in [6.07, 6.45) is 2.37. The van der Waals surface area contributed by atoms with Crippen LogP contribution in [0.4, 0.5) is 5.69 Å². The first-order chi connectivity index (χ1) is 19.8. The van der Waals surface area contributed by atoms with Gasteiger partial charge in [-0.15, -0.1) is 0 Å². The minimum atomic E-state index is -3.55. The number of hydrogen-bond acceptors (Lipinski definition) is 7. The zero-order valence-electron chi connectivity index (χ0n) is 23.0. The van der Waals surface area contributed by atoms with Crippen molar-refractivity contribution in [2.45, 2.75) is 43.4 Å². The molecule has 2 heterocycles. The van der Waals surface area contributed by atoms with Gasteiger partial charge in [-0.1, -0.05) is 54.6 Å². The van der Waals surface area contributed by atoms with E-state index < -0.39 is 10.0 Å². The van der Waals surface area contributed by atoms with Gasteiger partial charge < -0.3 is 15.4 Å². The fraction of sp³-hybridized carbons (Fsp3) is 0.250. The van der Waals surface area contributed by atoms with Crippen molar-refractivity contribution in [1.29, 1.82) is 5.26 Å². The molecule has 4 aromatic rings. The van der Waals surface area contributed by atoms with Crippen LogP contribution in [0, 0.1) is 11.3 Å². The Bertz CT molecular complexity index is 1620. The molecule has 5 rings (SSSR count). The molecule has 1 aliphatic rings. The molecule has 8 nitrogen and oxygen atoms in total. The van der Waals surface area contributed by atoms with Crippen LogP contribution < -0.4 is 20.1 Å². The molecule has 0 amide bonds. The van der Waals surface area contributed by atoms with Crippen LogP contribution in [0.5, 0.6) is 5.88 Å². The number of nitriles is 1. The van der Waals surface area contributed by atoms with E-state index in [1.807, 2.05) is 48.5 Å². The van der Waals surface area contributed by atoms with Crippen molar-refractivity contribution in [3.8, 4) is 23.1 Å². The van der Waals surface area contributed by atoms with E-state index in [4.69, 9.17) is 10.00 Å². The highest BCUT2D eigenvalue weighted by atomic mass is 32.2. The Hall–Kier alpha value is -4.23. The third kappa shape index (κ3) is 6.92. The fourth-order valence-corrected chi connectivity index (χ4v) is 6.11. The third-order valence-corrected chi connectivity index (χ3v) is 8.56. The summed E-state index contributed by atoms with van der Waals surface area (Å²) in [5, 5.41) is 16.2. The number of ether oxygens (including phenoxy) is 1. The number of benzene rings is 3. The second kappa shape index (κ2) is 12.5. The minimum absolute atomic E-state index is 0.0642. The summed E-state index contributed by atoms with van der Waals surface area (Å²) in [4.78, 5) is 4.83. The van der Waals surface area contributed by atoms with Gasteiger partial charge in [-0.2, -0.15) is 5.26 Å². The zero-order chi connectivity index (χ0) is 28.8. The summed E-state index contributed by atoms with van der Waals surface area (Å²) in [5.74, 6) is 0.528. The first kappa shape index (κ1) is 28.3. The molecule has 0 bridgehead atoms. The molecule has 2 atom stereocenters. The maximum Gasteiger partial charge on any atom is 0.240 e. The van der Waals surface area contributed by atoms with E-state index in [-0.39, 0.29) is 23.1 Å². The van der Waals surface area contributed by atoms with E-state index in [1.165, 1.54) is 0 Å². The van der Waals surface area contributed by atoms with Gasteiger partial charge in [-0.05, 0) is 73.8 Å². The quantitative estimate of drug-likeness (QED) is 0.245. The second-order valence-corrected chi connectivity index (χ2v) is 12.0. The number of sulfonamides is 1. The molecular formula is C32H33N5O3S. The SMILES string of the molecule is CC(C)NS(=O)(=O)c1ccc(-c2cnc3c(c2)NC[C@@H]([C@H](NCCc2ccc(C#N)cc2)c2ccccc2)O3)cc1. The van der Waals surface area contributed by atoms with Crippen LogP contribution in [0.15, 0.2) is 96.0 Å². The molecule has 210 valence electrons. The van der Waals surface area contributed by atoms with Crippen molar-refractivity contribution in [3.63, 3.8) is 0 Å². The molecule has 41 heavy (non-hydrogen) atoms. The number of anilines is 1. The molecule has 9 heteroatoms. The van der Waals surface area contributed by atoms with Crippen molar-refractivity contribution in [2.75, 3.05) is 18.4 Å². The molecular weight excluding hydrogens is 534 g/mol. The summed E-state index contributed by atoms with van der Waals surface area (Å²) in [5.41, 5.74) is 5.46. The van der Waals surface area contributed by atoms with Gasteiger partial charge in [0, 0.05) is 17.8 Å². The minimum Gasteiger partial charge on any atom is -0.469 e. The molecule has 0 spiro atoms. The molecule has 0 aliphatic carbocycles. The number of hydrogen-bond donors (Lipinski definition) is 3. The lowest BCUT2D eigenvalue weighted by atomic mass is 9.99. The molecule has 3 N–H and O–H groups in total. The Morgan fingerprint density at radius 2 is 1.76 bits per heavy atom. The third-order valence-electron chi connectivity index (χ3n) is 6.89. The predicted molar refractivity (Wildman–Crippen MR) is 160 cm³/mol.